The molecule has 1 rings (SSSR count). The number of carboxylic acid groups (broad SMARTS) is 1. The van der Waals surface area contributed by atoms with E-state index in [1.807, 2.05) is 0 Å². The first-order chi connectivity index (χ1) is 9.66. The highest BCUT2D eigenvalue weighted by molar-refractivity contribution is 5.96. The number of carboxylic acids is 1. The summed E-state index contributed by atoms with van der Waals surface area (Å²) in [5.74, 6) is -2.39. The van der Waals surface area contributed by atoms with Gasteiger partial charge in [-0.25, -0.2) is 4.79 Å². The Bertz CT molecular complexity index is 528. The maximum Gasteiger partial charge on any atom is 0.416 e. The quantitative estimate of drug-likeness (QED) is 0.879. The van der Waals surface area contributed by atoms with E-state index in [9.17, 15) is 22.8 Å². The molecule has 0 aliphatic heterocycles. The summed E-state index contributed by atoms with van der Waals surface area (Å²) in [7, 11) is 0. The van der Waals surface area contributed by atoms with Crippen LogP contribution in [0.5, 0.6) is 0 Å². The highest BCUT2D eigenvalue weighted by Crippen LogP contribution is 2.29. The van der Waals surface area contributed by atoms with Gasteiger partial charge in [0.25, 0.3) is 5.91 Å². The molecule has 0 unspecified atom stereocenters. The number of hydrogen-bond acceptors (Lipinski definition) is 2. The second kappa shape index (κ2) is 6.60. The summed E-state index contributed by atoms with van der Waals surface area (Å²) in [6.45, 7) is 3.41. The predicted molar refractivity (Wildman–Crippen MR) is 69.8 cm³/mol. The molecule has 0 spiro atoms. The van der Waals surface area contributed by atoms with Gasteiger partial charge in [0.2, 0.25) is 0 Å². The van der Waals surface area contributed by atoms with E-state index < -0.39 is 29.7 Å². The van der Waals surface area contributed by atoms with Gasteiger partial charge in [0, 0.05) is 5.56 Å². The molecule has 0 heterocycles. The fourth-order valence-electron chi connectivity index (χ4n) is 1.74. The van der Waals surface area contributed by atoms with Gasteiger partial charge >= 0.3 is 12.1 Å². The summed E-state index contributed by atoms with van der Waals surface area (Å²) in [5.41, 5.74) is -1.18. The number of amides is 1. The van der Waals surface area contributed by atoms with Crippen LogP contribution in [-0.4, -0.2) is 23.0 Å². The van der Waals surface area contributed by atoms with Crippen molar-refractivity contribution in [2.75, 3.05) is 0 Å². The standard InChI is InChI=1S/C14H16F3NO3/c1-3-8(2)11(13(20)21)18-12(19)9-5-4-6-10(7-9)14(15,16)17/h4-8,11H,3H2,1-2H3,(H,18,19)(H,20,21)/t8-,11-/m0/s1. The molecule has 21 heavy (non-hydrogen) atoms. The maximum atomic E-state index is 12.6. The topological polar surface area (TPSA) is 66.4 Å². The average Bonchev–Trinajstić information content (AvgIpc) is 2.42. The van der Waals surface area contributed by atoms with E-state index in [0.717, 1.165) is 12.1 Å². The Morgan fingerprint density at radius 2 is 1.95 bits per heavy atom. The van der Waals surface area contributed by atoms with Crippen molar-refractivity contribution in [3.05, 3.63) is 35.4 Å². The lowest BCUT2D eigenvalue weighted by molar-refractivity contribution is -0.140. The molecule has 0 aliphatic carbocycles. The van der Waals surface area contributed by atoms with Gasteiger partial charge in [-0.2, -0.15) is 13.2 Å². The van der Waals surface area contributed by atoms with E-state index in [-0.39, 0.29) is 11.5 Å². The van der Waals surface area contributed by atoms with Crippen molar-refractivity contribution >= 4 is 11.9 Å². The van der Waals surface area contributed by atoms with Gasteiger partial charge in [0.1, 0.15) is 6.04 Å². The number of rotatable bonds is 5. The van der Waals surface area contributed by atoms with E-state index in [4.69, 9.17) is 5.11 Å². The fraction of sp³-hybridized carbons (Fsp3) is 0.429. The van der Waals surface area contributed by atoms with Gasteiger partial charge in [-0.3, -0.25) is 4.79 Å². The van der Waals surface area contributed by atoms with Crippen LogP contribution in [0.2, 0.25) is 0 Å². The Morgan fingerprint density at radius 1 is 1.33 bits per heavy atom. The molecule has 2 atom stereocenters. The third-order valence-corrected chi connectivity index (χ3v) is 3.22. The molecule has 4 nitrogen and oxygen atoms in total. The molecule has 1 aromatic rings. The number of alkyl halides is 3. The molecule has 2 N–H and O–H groups in total. The first-order valence-corrected chi connectivity index (χ1v) is 6.37. The molecule has 0 fully saturated rings. The van der Waals surface area contributed by atoms with E-state index in [2.05, 4.69) is 5.32 Å². The van der Waals surface area contributed by atoms with Crippen LogP contribution < -0.4 is 5.32 Å². The molecule has 7 heteroatoms. The van der Waals surface area contributed by atoms with E-state index in [1.165, 1.54) is 6.07 Å². The summed E-state index contributed by atoms with van der Waals surface area (Å²) in [5, 5.41) is 11.3. The van der Waals surface area contributed by atoms with Crippen molar-refractivity contribution < 1.29 is 27.9 Å². The zero-order valence-corrected chi connectivity index (χ0v) is 11.6. The minimum Gasteiger partial charge on any atom is -0.480 e. The average molecular weight is 303 g/mol. The monoisotopic (exact) mass is 303 g/mol. The molecule has 1 aromatic carbocycles. The van der Waals surface area contributed by atoms with Crippen molar-refractivity contribution in [2.24, 2.45) is 5.92 Å². The zero-order valence-electron chi connectivity index (χ0n) is 11.6. The Hall–Kier alpha value is -2.05. The van der Waals surface area contributed by atoms with Gasteiger partial charge in [0.05, 0.1) is 5.56 Å². The Labute approximate surface area is 120 Å². The minimum absolute atomic E-state index is 0.223. The molecule has 0 aliphatic rings. The molecule has 0 saturated heterocycles. The summed E-state index contributed by atoms with van der Waals surface area (Å²) < 4.78 is 37.7. The summed E-state index contributed by atoms with van der Waals surface area (Å²) in [6, 6.07) is 2.72. The molecular weight excluding hydrogens is 287 g/mol. The third-order valence-electron chi connectivity index (χ3n) is 3.22. The normalized spacial score (nSPS) is 14.3. The number of benzene rings is 1. The molecule has 0 aromatic heterocycles. The number of carbonyl (C=O) groups excluding carboxylic acids is 1. The van der Waals surface area contributed by atoms with Crippen LogP contribution in [-0.2, 0) is 11.0 Å². The molecule has 1 amide bonds. The van der Waals surface area contributed by atoms with Gasteiger partial charge in [-0.1, -0.05) is 26.3 Å². The molecule has 0 bridgehead atoms. The van der Waals surface area contributed by atoms with Crippen LogP contribution >= 0.6 is 0 Å². The number of carbonyl (C=O) groups is 2. The fourth-order valence-corrected chi connectivity index (χ4v) is 1.74. The maximum absolute atomic E-state index is 12.6. The SMILES string of the molecule is CC[C@H](C)[C@H](NC(=O)c1cccc(C(F)(F)F)c1)C(=O)O. The molecular formula is C14H16F3NO3. The van der Waals surface area contributed by atoms with E-state index >= 15 is 0 Å². The molecule has 116 valence electrons. The van der Waals surface area contributed by atoms with Crippen molar-refractivity contribution in [2.45, 2.75) is 32.5 Å². The van der Waals surface area contributed by atoms with E-state index in [1.54, 1.807) is 13.8 Å². The highest BCUT2D eigenvalue weighted by atomic mass is 19.4. The van der Waals surface area contributed by atoms with Crippen LogP contribution in [0.25, 0.3) is 0 Å². The largest absolute Gasteiger partial charge is 0.480 e. The summed E-state index contributed by atoms with van der Waals surface area (Å²) in [6.07, 6.45) is -4.04. The zero-order chi connectivity index (χ0) is 16.2. The second-order valence-electron chi connectivity index (χ2n) is 4.75. The van der Waals surface area contributed by atoms with Gasteiger partial charge in [0.15, 0.2) is 0 Å². The predicted octanol–water partition coefficient (Wildman–Crippen LogP) is 2.93. The van der Waals surface area contributed by atoms with Crippen molar-refractivity contribution in [3.8, 4) is 0 Å². The third kappa shape index (κ3) is 4.47. The number of hydrogen-bond donors (Lipinski definition) is 2. The minimum atomic E-state index is -4.56. The molecule has 0 radical (unpaired) electrons. The number of aliphatic carboxylic acids is 1. The van der Waals surface area contributed by atoms with Crippen LogP contribution in [0, 0.1) is 5.92 Å². The first kappa shape index (κ1) is 17.0. The second-order valence-corrected chi connectivity index (χ2v) is 4.75. The highest BCUT2D eigenvalue weighted by Gasteiger charge is 2.31. The number of halogens is 3. The lowest BCUT2D eigenvalue weighted by Gasteiger charge is -2.20. The summed E-state index contributed by atoms with van der Waals surface area (Å²) >= 11 is 0. The van der Waals surface area contributed by atoms with Crippen LogP contribution in [0.15, 0.2) is 24.3 Å². The van der Waals surface area contributed by atoms with Crippen LogP contribution in [0.4, 0.5) is 13.2 Å². The Kier molecular flexibility index (Phi) is 5.34. The lowest BCUT2D eigenvalue weighted by atomic mass is 9.98. The summed E-state index contributed by atoms with van der Waals surface area (Å²) in [4.78, 5) is 23.0. The van der Waals surface area contributed by atoms with Gasteiger partial charge in [-0.15, -0.1) is 0 Å². The van der Waals surface area contributed by atoms with Crippen molar-refractivity contribution in [1.29, 1.82) is 0 Å². The van der Waals surface area contributed by atoms with E-state index in [0.29, 0.717) is 12.5 Å². The van der Waals surface area contributed by atoms with Crippen LogP contribution in [0.1, 0.15) is 36.2 Å². The van der Waals surface area contributed by atoms with Crippen molar-refractivity contribution in [1.82, 2.24) is 5.32 Å². The Balaban J connectivity index is 2.96. The molecule has 0 saturated carbocycles. The van der Waals surface area contributed by atoms with Gasteiger partial charge < -0.3 is 10.4 Å². The number of nitrogens with one attached hydrogen (secondary N) is 1. The van der Waals surface area contributed by atoms with Crippen molar-refractivity contribution in [3.63, 3.8) is 0 Å². The first-order valence-electron chi connectivity index (χ1n) is 6.37. The Morgan fingerprint density at radius 3 is 2.43 bits per heavy atom. The van der Waals surface area contributed by atoms with Crippen LogP contribution in [0.3, 0.4) is 0 Å². The van der Waals surface area contributed by atoms with Gasteiger partial charge in [-0.05, 0) is 24.1 Å². The lowest BCUT2D eigenvalue weighted by Crippen LogP contribution is -2.45. The smallest absolute Gasteiger partial charge is 0.416 e.